The minimum atomic E-state index is 0.359. The molecule has 130 valence electrons. The molecular weight excluding hydrogens is 298 g/mol. The first-order valence-corrected chi connectivity index (χ1v) is 9.62. The Bertz CT molecular complexity index is 667. The van der Waals surface area contributed by atoms with Gasteiger partial charge in [0, 0.05) is 17.0 Å². The molecule has 0 spiro atoms. The first-order valence-electron chi connectivity index (χ1n) is 9.62. The van der Waals surface area contributed by atoms with Crippen LogP contribution in [0.25, 0.3) is 10.9 Å². The summed E-state index contributed by atoms with van der Waals surface area (Å²) in [5, 5.41) is 12.1. The maximum atomic E-state index is 6.32. The van der Waals surface area contributed by atoms with Crippen LogP contribution >= 0.6 is 0 Å². The molecule has 2 aromatic rings. The fraction of sp³-hybridized carbons (Fsp3) is 0.650. The Morgan fingerprint density at radius 3 is 2.71 bits per heavy atom. The van der Waals surface area contributed by atoms with Crippen molar-refractivity contribution in [2.24, 2.45) is 5.92 Å². The van der Waals surface area contributed by atoms with Crippen LogP contribution in [0.3, 0.4) is 0 Å². The molecule has 2 aliphatic rings. The van der Waals surface area contributed by atoms with Gasteiger partial charge in [0.2, 0.25) is 0 Å². The zero-order chi connectivity index (χ0) is 16.4. The first kappa shape index (κ1) is 15.9. The lowest BCUT2D eigenvalue weighted by atomic mass is 9.92. The van der Waals surface area contributed by atoms with Gasteiger partial charge < -0.3 is 10.1 Å². The van der Waals surface area contributed by atoms with Crippen molar-refractivity contribution in [2.45, 2.75) is 70.4 Å². The van der Waals surface area contributed by atoms with Gasteiger partial charge in [-0.2, -0.15) is 5.10 Å². The summed E-state index contributed by atoms with van der Waals surface area (Å²) >= 11 is 0. The Morgan fingerprint density at radius 2 is 1.92 bits per heavy atom. The predicted octanol–water partition coefficient (Wildman–Crippen LogP) is 4.34. The number of nitrogens with one attached hydrogen (secondary N) is 2. The highest BCUT2D eigenvalue weighted by Gasteiger charge is 2.24. The van der Waals surface area contributed by atoms with Crippen LogP contribution in [0.5, 0.6) is 5.75 Å². The molecule has 2 fully saturated rings. The van der Waals surface area contributed by atoms with E-state index in [1.54, 1.807) is 0 Å². The second kappa shape index (κ2) is 7.14. The molecule has 4 nitrogen and oxygen atoms in total. The molecule has 0 unspecified atom stereocenters. The van der Waals surface area contributed by atoms with Crippen LogP contribution in [0.2, 0.25) is 0 Å². The van der Waals surface area contributed by atoms with E-state index in [1.807, 2.05) is 6.20 Å². The zero-order valence-corrected chi connectivity index (χ0v) is 14.7. The smallest absolute Gasteiger partial charge is 0.123 e. The summed E-state index contributed by atoms with van der Waals surface area (Å²) in [6.07, 6.45) is 12.8. The minimum Gasteiger partial charge on any atom is -0.490 e. The first-order chi connectivity index (χ1) is 11.8. The van der Waals surface area contributed by atoms with Crippen molar-refractivity contribution in [3.63, 3.8) is 0 Å². The summed E-state index contributed by atoms with van der Waals surface area (Å²) in [4.78, 5) is 0. The fourth-order valence-electron chi connectivity index (χ4n) is 4.38. The third-order valence-corrected chi connectivity index (χ3v) is 5.98. The van der Waals surface area contributed by atoms with Gasteiger partial charge >= 0.3 is 0 Å². The van der Waals surface area contributed by atoms with Gasteiger partial charge in [-0.3, -0.25) is 5.10 Å². The lowest BCUT2D eigenvalue weighted by Gasteiger charge is -2.30. The SMILES string of the molecule is Cc1c(OC2CCC(NCC3CCCC3)CC2)ccc2[nH]ncc12. The number of aromatic nitrogens is 2. The van der Waals surface area contributed by atoms with E-state index in [-0.39, 0.29) is 0 Å². The maximum Gasteiger partial charge on any atom is 0.123 e. The number of ether oxygens (including phenoxy) is 1. The van der Waals surface area contributed by atoms with E-state index in [1.165, 1.54) is 56.0 Å². The quantitative estimate of drug-likeness (QED) is 0.859. The van der Waals surface area contributed by atoms with Gasteiger partial charge in [0.25, 0.3) is 0 Å². The van der Waals surface area contributed by atoms with Crippen LogP contribution in [0, 0.1) is 12.8 Å². The van der Waals surface area contributed by atoms with E-state index in [9.17, 15) is 0 Å². The molecule has 0 bridgehead atoms. The number of hydrogen-bond donors (Lipinski definition) is 2. The van der Waals surface area contributed by atoms with Gasteiger partial charge in [0.05, 0.1) is 17.8 Å². The molecule has 24 heavy (non-hydrogen) atoms. The third kappa shape index (κ3) is 3.44. The highest BCUT2D eigenvalue weighted by molar-refractivity contribution is 5.83. The molecule has 2 saturated carbocycles. The number of fused-ring (bicyclic) bond motifs is 1. The van der Waals surface area contributed by atoms with E-state index < -0.39 is 0 Å². The molecule has 0 radical (unpaired) electrons. The number of benzene rings is 1. The standard InChI is InChI=1S/C20H29N3O/c1-14-18-13-22-23-19(18)10-11-20(14)24-17-8-6-16(7-9-17)21-12-15-4-2-3-5-15/h10-11,13,15-17,21H,2-9,12H2,1H3,(H,22,23). The zero-order valence-electron chi connectivity index (χ0n) is 14.7. The molecule has 4 rings (SSSR count). The normalized spacial score (nSPS) is 25.4. The summed E-state index contributed by atoms with van der Waals surface area (Å²) in [5.41, 5.74) is 2.28. The van der Waals surface area contributed by atoms with Crippen LogP contribution in [-0.4, -0.2) is 28.9 Å². The Morgan fingerprint density at radius 1 is 1.12 bits per heavy atom. The molecule has 2 N–H and O–H groups in total. The number of rotatable bonds is 5. The van der Waals surface area contributed by atoms with Crippen molar-refractivity contribution >= 4 is 10.9 Å². The van der Waals surface area contributed by atoms with Crippen molar-refractivity contribution in [1.82, 2.24) is 15.5 Å². The van der Waals surface area contributed by atoms with Gasteiger partial charge in [0.15, 0.2) is 0 Å². The third-order valence-electron chi connectivity index (χ3n) is 5.98. The highest BCUT2D eigenvalue weighted by Crippen LogP contribution is 2.30. The predicted molar refractivity (Wildman–Crippen MR) is 97.5 cm³/mol. The molecular formula is C20H29N3O. The summed E-state index contributed by atoms with van der Waals surface area (Å²) in [6, 6.07) is 4.85. The van der Waals surface area contributed by atoms with E-state index in [4.69, 9.17) is 4.74 Å². The molecule has 0 aliphatic heterocycles. The van der Waals surface area contributed by atoms with Crippen LogP contribution in [0.15, 0.2) is 18.3 Å². The summed E-state index contributed by atoms with van der Waals surface area (Å²) in [5.74, 6) is 1.95. The van der Waals surface area contributed by atoms with Crippen molar-refractivity contribution in [3.8, 4) is 5.75 Å². The molecule has 0 saturated heterocycles. The molecule has 1 aromatic carbocycles. The van der Waals surface area contributed by atoms with Gasteiger partial charge in [0.1, 0.15) is 5.75 Å². The van der Waals surface area contributed by atoms with Crippen molar-refractivity contribution in [3.05, 3.63) is 23.9 Å². The number of H-pyrrole nitrogens is 1. The van der Waals surface area contributed by atoms with Crippen LogP contribution < -0.4 is 10.1 Å². The highest BCUT2D eigenvalue weighted by atomic mass is 16.5. The van der Waals surface area contributed by atoms with Gasteiger partial charge in [-0.05, 0) is 70.0 Å². The Hall–Kier alpha value is -1.55. The lowest BCUT2D eigenvalue weighted by Crippen LogP contribution is -2.38. The number of aromatic amines is 1. The fourth-order valence-corrected chi connectivity index (χ4v) is 4.38. The summed E-state index contributed by atoms with van der Waals surface area (Å²) < 4.78 is 6.32. The monoisotopic (exact) mass is 327 g/mol. The van der Waals surface area contributed by atoms with Gasteiger partial charge in [-0.15, -0.1) is 0 Å². The minimum absolute atomic E-state index is 0.359. The van der Waals surface area contributed by atoms with Crippen molar-refractivity contribution in [1.29, 1.82) is 0 Å². The van der Waals surface area contributed by atoms with E-state index in [2.05, 4.69) is 34.6 Å². The summed E-state index contributed by atoms with van der Waals surface area (Å²) in [6.45, 7) is 3.36. The number of nitrogens with zero attached hydrogens (tertiary/aromatic N) is 1. The van der Waals surface area contributed by atoms with Gasteiger partial charge in [-0.25, -0.2) is 0 Å². The number of hydrogen-bond acceptors (Lipinski definition) is 3. The topological polar surface area (TPSA) is 49.9 Å². The number of aryl methyl sites for hydroxylation is 1. The largest absolute Gasteiger partial charge is 0.490 e. The van der Waals surface area contributed by atoms with Crippen molar-refractivity contribution < 1.29 is 4.74 Å². The molecule has 4 heteroatoms. The van der Waals surface area contributed by atoms with Crippen LogP contribution in [0.4, 0.5) is 0 Å². The maximum absolute atomic E-state index is 6.32. The lowest BCUT2D eigenvalue weighted by molar-refractivity contribution is 0.138. The van der Waals surface area contributed by atoms with E-state index in [0.29, 0.717) is 12.1 Å². The molecule has 0 amide bonds. The Labute approximate surface area is 144 Å². The molecule has 1 aromatic heterocycles. The molecule has 1 heterocycles. The summed E-state index contributed by atoms with van der Waals surface area (Å²) in [7, 11) is 0. The second-order valence-corrected chi connectivity index (χ2v) is 7.67. The molecule has 0 atom stereocenters. The Balaban J connectivity index is 1.28. The van der Waals surface area contributed by atoms with Crippen LogP contribution in [-0.2, 0) is 0 Å². The average molecular weight is 327 g/mol. The average Bonchev–Trinajstić information content (AvgIpc) is 3.28. The Kier molecular flexibility index (Phi) is 4.74. The van der Waals surface area contributed by atoms with E-state index >= 15 is 0 Å². The van der Waals surface area contributed by atoms with Crippen LogP contribution in [0.1, 0.15) is 56.9 Å². The van der Waals surface area contributed by atoms with Gasteiger partial charge in [-0.1, -0.05) is 12.8 Å². The van der Waals surface area contributed by atoms with Crippen molar-refractivity contribution in [2.75, 3.05) is 6.54 Å². The molecule has 2 aliphatic carbocycles. The van der Waals surface area contributed by atoms with E-state index in [0.717, 1.165) is 30.0 Å². The second-order valence-electron chi connectivity index (χ2n) is 7.67.